The summed E-state index contributed by atoms with van der Waals surface area (Å²) in [5.41, 5.74) is 6.86. The molecule has 0 fully saturated rings. The highest BCUT2D eigenvalue weighted by Crippen LogP contribution is 2.41. The van der Waals surface area contributed by atoms with Crippen molar-refractivity contribution in [2.24, 2.45) is 7.05 Å². The van der Waals surface area contributed by atoms with Crippen LogP contribution in [0.4, 0.5) is 5.69 Å². The summed E-state index contributed by atoms with van der Waals surface area (Å²) in [6, 6.07) is 8.52. The Morgan fingerprint density at radius 3 is 2.46 bits per heavy atom. The molecule has 26 heavy (non-hydrogen) atoms. The zero-order valence-corrected chi connectivity index (χ0v) is 15.6. The Bertz CT molecular complexity index is 1310. The molecule has 0 atom stereocenters. The van der Waals surface area contributed by atoms with Gasteiger partial charge in [0.25, 0.3) is 0 Å². The fraction of sp³-hybridized carbons (Fsp3) is 0.217. The normalized spacial score (nSPS) is 12.3. The molecule has 0 bridgehead atoms. The summed E-state index contributed by atoms with van der Waals surface area (Å²) in [4.78, 5) is 3.62. The highest BCUT2D eigenvalue weighted by molar-refractivity contribution is 6.14. The van der Waals surface area contributed by atoms with Crippen molar-refractivity contribution in [3.63, 3.8) is 0 Å². The molecule has 0 spiro atoms. The Balaban J connectivity index is 2.25. The van der Waals surface area contributed by atoms with Gasteiger partial charge in [-0.3, -0.25) is 0 Å². The Morgan fingerprint density at radius 2 is 1.73 bits per heavy atom. The highest BCUT2D eigenvalue weighted by Gasteiger charge is 2.23. The van der Waals surface area contributed by atoms with Gasteiger partial charge in [-0.15, -0.1) is 0 Å². The first-order valence-electron chi connectivity index (χ1n) is 9.57. The molecular weight excluding hydrogens is 320 g/mol. The molecule has 0 radical (unpaired) electrons. The van der Waals surface area contributed by atoms with Crippen LogP contribution in [0.25, 0.3) is 38.0 Å². The van der Waals surface area contributed by atoms with Gasteiger partial charge < -0.3 is 4.42 Å². The zero-order chi connectivity index (χ0) is 20.3. The maximum absolute atomic E-state index is 8.71. The topological polar surface area (TPSA) is 21.4 Å². The second-order valence-electron chi connectivity index (χ2n) is 6.82. The van der Waals surface area contributed by atoms with Crippen LogP contribution in [0.2, 0.25) is 0 Å². The van der Waals surface area contributed by atoms with Crippen molar-refractivity contribution in [1.82, 2.24) is 0 Å². The van der Waals surface area contributed by atoms with Crippen LogP contribution in [0.5, 0.6) is 0 Å². The van der Waals surface area contributed by atoms with Gasteiger partial charge in [-0.05, 0) is 37.5 Å². The number of hydrogen-bond donors (Lipinski definition) is 0. The highest BCUT2D eigenvalue weighted by atomic mass is 16.3. The third-order valence-electron chi connectivity index (χ3n) is 5.05. The molecular formula is C23H21N2O+. The van der Waals surface area contributed by atoms with Crippen LogP contribution in [0.1, 0.15) is 25.1 Å². The molecule has 0 aliphatic heterocycles. The lowest BCUT2D eigenvalue weighted by Gasteiger charge is -2.08. The molecule has 2 aromatic heterocycles. The lowest BCUT2D eigenvalue weighted by molar-refractivity contribution is -0.666. The van der Waals surface area contributed by atoms with E-state index in [0.717, 1.165) is 38.9 Å². The van der Waals surface area contributed by atoms with E-state index in [2.05, 4.69) is 4.85 Å². The molecule has 0 N–H and O–H groups in total. The van der Waals surface area contributed by atoms with E-state index in [1.807, 2.05) is 57.5 Å². The summed E-state index contributed by atoms with van der Waals surface area (Å²) in [6.07, 6.45) is 0. The minimum atomic E-state index is 0.330. The van der Waals surface area contributed by atoms with Crippen LogP contribution in [-0.2, 0) is 7.05 Å². The SMILES string of the molecule is [2H]c1c(C)c([2H])c(-c2c(C)ccc3c2oc2c([N+]#[C-])ccc(C)c23)[n+](C)c1C. The average Bonchev–Trinajstić information content (AvgIpc) is 3.07. The summed E-state index contributed by atoms with van der Waals surface area (Å²) in [5.74, 6) is 0. The summed E-state index contributed by atoms with van der Waals surface area (Å²) in [6.45, 7) is 15.2. The molecule has 0 aliphatic rings. The number of nitrogens with zero attached hydrogens (tertiary/aromatic N) is 2. The first-order valence-corrected chi connectivity index (χ1v) is 8.57. The number of hydrogen-bond acceptors (Lipinski definition) is 1. The van der Waals surface area contributed by atoms with Crippen molar-refractivity contribution in [1.29, 1.82) is 0 Å². The molecule has 2 heterocycles. The van der Waals surface area contributed by atoms with Gasteiger partial charge in [0.1, 0.15) is 18.2 Å². The van der Waals surface area contributed by atoms with E-state index in [1.165, 1.54) is 0 Å². The van der Waals surface area contributed by atoms with Gasteiger partial charge in [-0.2, -0.15) is 4.57 Å². The molecule has 0 amide bonds. The maximum Gasteiger partial charge on any atom is 0.229 e. The average molecular weight is 343 g/mol. The molecule has 3 nitrogen and oxygen atoms in total. The molecule has 0 unspecified atom stereocenters. The third-order valence-corrected chi connectivity index (χ3v) is 5.05. The molecule has 2 aromatic carbocycles. The number of furan rings is 1. The van der Waals surface area contributed by atoms with Crippen LogP contribution in [0, 0.1) is 34.3 Å². The minimum Gasteiger partial charge on any atom is -0.466 e. The van der Waals surface area contributed by atoms with Gasteiger partial charge >= 0.3 is 0 Å². The van der Waals surface area contributed by atoms with E-state index < -0.39 is 0 Å². The Kier molecular flexibility index (Phi) is 3.09. The fourth-order valence-electron chi connectivity index (χ4n) is 3.62. The number of benzene rings is 2. The number of rotatable bonds is 1. The zero-order valence-electron chi connectivity index (χ0n) is 17.6. The summed E-state index contributed by atoms with van der Waals surface area (Å²) in [5, 5.41) is 1.90. The molecule has 3 heteroatoms. The number of aromatic nitrogens is 1. The van der Waals surface area contributed by atoms with E-state index in [4.69, 9.17) is 13.7 Å². The Morgan fingerprint density at radius 1 is 1.00 bits per heavy atom. The van der Waals surface area contributed by atoms with Crippen molar-refractivity contribution in [3.05, 3.63) is 70.2 Å². The molecule has 128 valence electrons. The smallest absolute Gasteiger partial charge is 0.229 e. The van der Waals surface area contributed by atoms with Gasteiger partial charge in [0.05, 0.1) is 14.9 Å². The van der Waals surface area contributed by atoms with Gasteiger partial charge in [0, 0.05) is 29.8 Å². The van der Waals surface area contributed by atoms with Crippen LogP contribution in [-0.4, -0.2) is 0 Å². The van der Waals surface area contributed by atoms with E-state index >= 15 is 0 Å². The number of pyridine rings is 1. The summed E-state index contributed by atoms with van der Waals surface area (Å²) in [7, 11) is 1.89. The molecule has 4 aromatic rings. The second-order valence-corrected chi connectivity index (χ2v) is 6.82. The maximum atomic E-state index is 8.71. The first-order chi connectivity index (χ1) is 13.3. The first kappa shape index (κ1) is 14.1. The predicted octanol–water partition coefficient (Wildman–Crippen LogP) is 5.86. The molecule has 0 aliphatic carbocycles. The van der Waals surface area contributed by atoms with E-state index in [1.54, 1.807) is 6.07 Å². The van der Waals surface area contributed by atoms with Crippen molar-refractivity contribution in [2.45, 2.75) is 27.7 Å². The number of aryl methyl sites for hydroxylation is 2. The van der Waals surface area contributed by atoms with Crippen molar-refractivity contribution in [3.8, 4) is 11.3 Å². The van der Waals surface area contributed by atoms with E-state index in [0.29, 0.717) is 34.5 Å². The van der Waals surface area contributed by atoms with Crippen LogP contribution >= 0.6 is 0 Å². The monoisotopic (exact) mass is 343 g/mol. The van der Waals surface area contributed by atoms with Gasteiger partial charge in [-0.1, -0.05) is 24.3 Å². The Labute approximate surface area is 156 Å². The standard InChI is InChI=1S/C23H21N2O/c1-13-11-16(4)25(6)19(12-13)21-15(3)7-9-17-20-14(2)8-10-18(24-5)23(20)26-22(17)21/h7-12H,1-4,6H3/q+1/i11D,12D. The lowest BCUT2D eigenvalue weighted by Crippen LogP contribution is -2.35. The lowest BCUT2D eigenvalue weighted by atomic mass is 9.98. The molecule has 0 saturated carbocycles. The second kappa shape index (κ2) is 5.71. The number of fused-ring (bicyclic) bond motifs is 3. The van der Waals surface area contributed by atoms with Crippen LogP contribution < -0.4 is 4.57 Å². The Hall–Kier alpha value is -3.12. The summed E-state index contributed by atoms with van der Waals surface area (Å²) >= 11 is 0. The predicted molar refractivity (Wildman–Crippen MR) is 106 cm³/mol. The van der Waals surface area contributed by atoms with E-state index in [-0.39, 0.29) is 0 Å². The van der Waals surface area contributed by atoms with E-state index in [9.17, 15) is 0 Å². The van der Waals surface area contributed by atoms with Gasteiger partial charge in [0.15, 0.2) is 5.69 Å². The quantitative estimate of drug-likeness (QED) is 0.313. The molecule has 4 rings (SSSR count). The van der Waals surface area contributed by atoms with Gasteiger partial charge in [0.2, 0.25) is 11.4 Å². The van der Waals surface area contributed by atoms with Gasteiger partial charge in [-0.25, -0.2) is 4.85 Å². The van der Waals surface area contributed by atoms with Crippen molar-refractivity contribution in [2.75, 3.05) is 0 Å². The third kappa shape index (κ3) is 2.23. The van der Waals surface area contributed by atoms with Crippen LogP contribution in [0.15, 0.2) is 40.8 Å². The molecule has 0 saturated heterocycles. The fourth-order valence-corrected chi connectivity index (χ4v) is 3.62. The van der Waals surface area contributed by atoms with Crippen molar-refractivity contribution < 1.29 is 11.7 Å². The summed E-state index contributed by atoms with van der Waals surface area (Å²) < 4.78 is 25.2. The van der Waals surface area contributed by atoms with Crippen molar-refractivity contribution >= 4 is 27.6 Å². The largest absolute Gasteiger partial charge is 0.466 e. The van der Waals surface area contributed by atoms with Crippen LogP contribution in [0.3, 0.4) is 0 Å². The minimum absolute atomic E-state index is 0.330.